The van der Waals surface area contributed by atoms with Gasteiger partial charge in [0.25, 0.3) is 5.91 Å². The molecule has 0 spiro atoms. The first-order chi connectivity index (χ1) is 13.1. The number of aromatic nitrogens is 3. The zero-order valence-electron chi connectivity index (χ0n) is 14.8. The van der Waals surface area contributed by atoms with Crippen molar-refractivity contribution in [2.45, 2.75) is 31.3 Å². The highest BCUT2D eigenvalue weighted by Gasteiger charge is 2.34. The van der Waals surface area contributed by atoms with E-state index in [0.717, 1.165) is 31.6 Å². The predicted molar refractivity (Wildman–Crippen MR) is 101 cm³/mol. The second-order valence-corrected chi connectivity index (χ2v) is 7.28. The van der Waals surface area contributed by atoms with Crippen LogP contribution in [0, 0.1) is 0 Å². The van der Waals surface area contributed by atoms with E-state index in [2.05, 4.69) is 20.9 Å². The number of amides is 2. The van der Waals surface area contributed by atoms with Crippen LogP contribution in [0.4, 0.5) is 5.69 Å². The van der Waals surface area contributed by atoms with Gasteiger partial charge in [0.1, 0.15) is 6.04 Å². The third-order valence-electron chi connectivity index (χ3n) is 5.07. The summed E-state index contributed by atoms with van der Waals surface area (Å²) in [6, 6.07) is 6.79. The van der Waals surface area contributed by atoms with E-state index in [1.54, 1.807) is 40.0 Å². The van der Waals surface area contributed by atoms with Crippen LogP contribution in [0.15, 0.2) is 30.5 Å². The maximum Gasteiger partial charge on any atom is 0.274 e. The fourth-order valence-corrected chi connectivity index (χ4v) is 3.68. The summed E-state index contributed by atoms with van der Waals surface area (Å²) in [7, 11) is 0. The minimum atomic E-state index is -0.558. The summed E-state index contributed by atoms with van der Waals surface area (Å²) in [5.41, 5.74) is 1.02. The number of nitrogens with zero attached hydrogens (tertiary/aromatic N) is 4. The molecule has 1 aromatic carbocycles. The third-order valence-corrected chi connectivity index (χ3v) is 5.33. The number of carbonyl (C=O) groups excluding carboxylic acids is 2. The van der Waals surface area contributed by atoms with Gasteiger partial charge in [-0.15, -0.1) is 5.10 Å². The Morgan fingerprint density at radius 2 is 1.93 bits per heavy atom. The molecular weight excluding hydrogens is 368 g/mol. The molecule has 142 valence electrons. The SMILES string of the molecule is O=C(NC1CCN(c2ccc(Cl)cc2)C1=O)c1cn(C2CCNCC2)nn1. The van der Waals surface area contributed by atoms with E-state index in [1.165, 1.54) is 0 Å². The highest BCUT2D eigenvalue weighted by atomic mass is 35.5. The van der Waals surface area contributed by atoms with Crippen LogP contribution in [-0.4, -0.2) is 52.5 Å². The molecule has 0 bridgehead atoms. The summed E-state index contributed by atoms with van der Waals surface area (Å²) in [6.45, 7) is 2.42. The number of benzene rings is 1. The van der Waals surface area contributed by atoms with Crippen molar-refractivity contribution in [3.8, 4) is 0 Å². The van der Waals surface area contributed by atoms with Crippen LogP contribution in [-0.2, 0) is 4.79 Å². The number of hydrogen-bond donors (Lipinski definition) is 2. The predicted octanol–water partition coefficient (Wildman–Crippen LogP) is 1.39. The molecule has 2 aliphatic heterocycles. The number of piperidine rings is 1. The standard InChI is InChI=1S/C18H21ClN6O2/c19-12-1-3-13(4-2-12)24-10-7-15(18(24)27)21-17(26)16-11-25(23-22-16)14-5-8-20-9-6-14/h1-4,11,14-15,20H,5-10H2,(H,21,26). The molecule has 9 heteroatoms. The lowest BCUT2D eigenvalue weighted by Crippen LogP contribution is -2.41. The number of carbonyl (C=O) groups is 2. The fourth-order valence-electron chi connectivity index (χ4n) is 3.55. The number of anilines is 1. The zero-order chi connectivity index (χ0) is 18.8. The quantitative estimate of drug-likeness (QED) is 0.825. The summed E-state index contributed by atoms with van der Waals surface area (Å²) < 4.78 is 1.76. The number of rotatable bonds is 4. The van der Waals surface area contributed by atoms with E-state index in [-0.39, 0.29) is 23.6 Å². The highest BCUT2D eigenvalue weighted by molar-refractivity contribution is 6.30. The summed E-state index contributed by atoms with van der Waals surface area (Å²) in [4.78, 5) is 26.8. The molecule has 1 unspecified atom stereocenters. The van der Waals surface area contributed by atoms with Crippen LogP contribution >= 0.6 is 11.6 Å². The van der Waals surface area contributed by atoms with E-state index in [9.17, 15) is 9.59 Å². The minimum absolute atomic E-state index is 0.128. The molecule has 2 amide bonds. The van der Waals surface area contributed by atoms with Gasteiger partial charge >= 0.3 is 0 Å². The van der Waals surface area contributed by atoms with Crippen molar-refractivity contribution in [3.63, 3.8) is 0 Å². The normalized spacial score (nSPS) is 20.9. The molecule has 1 atom stereocenters. The zero-order valence-corrected chi connectivity index (χ0v) is 15.5. The molecule has 1 aromatic heterocycles. The molecule has 2 N–H and O–H groups in total. The lowest BCUT2D eigenvalue weighted by Gasteiger charge is -2.22. The first-order valence-electron chi connectivity index (χ1n) is 9.12. The molecule has 0 radical (unpaired) electrons. The van der Waals surface area contributed by atoms with Gasteiger partial charge in [-0.3, -0.25) is 9.59 Å². The Morgan fingerprint density at radius 1 is 1.19 bits per heavy atom. The maximum absolute atomic E-state index is 12.6. The molecular formula is C18H21ClN6O2. The van der Waals surface area contributed by atoms with Crippen LogP contribution in [0.5, 0.6) is 0 Å². The Morgan fingerprint density at radius 3 is 2.67 bits per heavy atom. The molecule has 4 rings (SSSR count). The monoisotopic (exact) mass is 388 g/mol. The van der Waals surface area contributed by atoms with Gasteiger partial charge in [-0.25, -0.2) is 4.68 Å². The van der Waals surface area contributed by atoms with Crippen LogP contribution in [0.2, 0.25) is 5.02 Å². The lowest BCUT2D eigenvalue weighted by atomic mass is 10.1. The number of halogens is 1. The van der Waals surface area contributed by atoms with Crippen LogP contribution in [0.25, 0.3) is 0 Å². The number of nitrogens with one attached hydrogen (secondary N) is 2. The van der Waals surface area contributed by atoms with Gasteiger partial charge in [-0.05, 0) is 56.6 Å². The molecule has 3 heterocycles. The summed E-state index contributed by atoms with van der Waals surface area (Å²) in [5.74, 6) is -0.497. The van der Waals surface area contributed by atoms with Gasteiger partial charge in [-0.2, -0.15) is 0 Å². The summed E-state index contributed by atoms with van der Waals surface area (Å²) in [5, 5.41) is 14.8. The van der Waals surface area contributed by atoms with Crippen molar-refractivity contribution in [3.05, 3.63) is 41.2 Å². The van der Waals surface area contributed by atoms with E-state index < -0.39 is 6.04 Å². The van der Waals surface area contributed by atoms with E-state index in [0.29, 0.717) is 18.0 Å². The van der Waals surface area contributed by atoms with Crippen LogP contribution in [0.1, 0.15) is 35.8 Å². The Kier molecular flexibility index (Phi) is 5.09. The topological polar surface area (TPSA) is 92.2 Å². The fraction of sp³-hybridized carbons (Fsp3) is 0.444. The van der Waals surface area contributed by atoms with E-state index in [4.69, 9.17) is 11.6 Å². The minimum Gasteiger partial charge on any atom is -0.339 e. The van der Waals surface area contributed by atoms with Crippen molar-refractivity contribution in [2.75, 3.05) is 24.5 Å². The molecule has 2 saturated heterocycles. The second kappa shape index (κ2) is 7.66. The van der Waals surface area contributed by atoms with Gasteiger partial charge in [-0.1, -0.05) is 16.8 Å². The lowest BCUT2D eigenvalue weighted by molar-refractivity contribution is -0.118. The van der Waals surface area contributed by atoms with Crippen LogP contribution < -0.4 is 15.5 Å². The largest absolute Gasteiger partial charge is 0.339 e. The molecule has 27 heavy (non-hydrogen) atoms. The van der Waals surface area contributed by atoms with Gasteiger partial charge < -0.3 is 15.5 Å². The van der Waals surface area contributed by atoms with Crippen LogP contribution in [0.3, 0.4) is 0 Å². The highest BCUT2D eigenvalue weighted by Crippen LogP contribution is 2.23. The van der Waals surface area contributed by atoms with Gasteiger partial charge in [0.05, 0.1) is 12.2 Å². The number of hydrogen-bond acceptors (Lipinski definition) is 5. The maximum atomic E-state index is 12.6. The molecule has 0 saturated carbocycles. The van der Waals surface area contributed by atoms with Crippen molar-refractivity contribution in [2.24, 2.45) is 0 Å². The molecule has 2 fully saturated rings. The Balaban J connectivity index is 1.39. The second-order valence-electron chi connectivity index (χ2n) is 6.85. The first kappa shape index (κ1) is 17.9. The van der Waals surface area contributed by atoms with E-state index >= 15 is 0 Å². The van der Waals surface area contributed by atoms with Crippen molar-refractivity contribution >= 4 is 29.1 Å². The average Bonchev–Trinajstić information content (AvgIpc) is 3.31. The first-order valence-corrected chi connectivity index (χ1v) is 9.50. The average molecular weight is 389 g/mol. The molecule has 2 aromatic rings. The van der Waals surface area contributed by atoms with Gasteiger partial charge in [0, 0.05) is 17.3 Å². The van der Waals surface area contributed by atoms with E-state index in [1.807, 2.05) is 0 Å². The summed E-state index contributed by atoms with van der Waals surface area (Å²) >= 11 is 5.90. The summed E-state index contributed by atoms with van der Waals surface area (Å²) in [6.07, 6.45) is 4.14. The van der Waals surface area contributed by atoms with Gasteiger partial charge in [0.2, 0.25) is 5.91 Å². The van der Waals surface area contributed by atoms with Crippen molar-refractivity contribution in [1.29, 1.82) is 0 Å². The molecule has 0 aliphatic carbocycles. The van der Waals surface area contributed by atoms with Gasteiger partial charge in [0.15, 0.2) is 5.69 Å². The molecule has 8 nitrogen and oxygen atoms in total. The Hall–Kier alpha value is -2.45. The Bertz CT molecular complexity index is 831. The third kappa shape index (κ3) is 3.81. The Labute approximate surface area is 161 Å². The molecule has 2 aliphatic rings. The smallest absolute Gasteiger partial charge is 0.274 e. The van der Waals surface area contributed by atoms with Crippen molar-refractivity contribution in [1.82, 2.24) is 25.6 Å². The van der Waals surface area contributed by atoms with Crippen molar-refractivity contribution < 1.29 is 9.59 Å².